The topological polar surface area (TPSA) is 27.1 Å². The lowest BCUT2D eigenvalue weighted by Crippen LogP contribution is -2.16. The van der Waals surface area contributed by atoms with Crippen LogP contribution in [0.4, 0.5) is 26.3 Å². The zero-order valence-corrected chi connectivity index (χ0v) is 10.4. The van der Waals surface area contributed by atoms with E-state index in [9.17, 15) is 26.3 Å². The summed E-state index contributed by atoms with van der Waals surface area (Å²) < 4.78 is 82.1. The highest BCUT2D eigenvalue weighted by molar-refractivity contribution is 5.40. The molecule has 21 heavy (non-hydrogen) atoms. The van der Waals surface area contributed by atoms with E-state index in [0.717, 1.165) is 6.07 Å². The molecule has 2 rings (SSSR count). The molecule has 0 atom stereocenters. The van der Waals surface area contributed by atoms with Crippen LogP contribution in [0.5, 0.6) is 11.6 Å². The Morgan fingerprint density at radius 3 is 2.14 bits per heavy atom. The summed E-state index contributed by atoms with van der Waals surface area (Å²) in [6.45, 7) is 0. The molecule has 1 radical (unpaired) electrons. The van der Waals surface area contributed by atoms with Crippen LogP contribution in [0.1, 0.15) is 11.1 Å². The minimum atomic E-state index is -5.15. The van der Waals surface area contributed by atoms with Crippen molar-refractivity contribution in [1.29, 1.82) is 0 Å². The molecule has 2 aromatic rings. The average Bonchev–Trinajstić information content (AvgIpc) is 2.72. The Hall–Kier alpha value is -2.19. The van der Waals surface area contributed by atoms with Gasteiger partial charge in [-0.15, -0.1) is 5.10 Å². The average molecular weight is 309 g/mol. The highest BCUT2D eigenvalue weighted by atomic mass is 19.4. The van der Waals surface area contributed by atoms with E-state index >= 15 is 0 Å². The van der Waals surface area contributed by atoms with E-state index in [-0.39, 0.29) is 11.9 Å². The zero-order chi connectivity index (χ0) is 15.8. The van der Waals surface area contributed by atoms with Crippen molar-refractivity contribution < 1.29 is 31.1 Å². The number of rotatable bonds is 2. The molecule has 0 aliphatic rings. The second kappa shape index (κ2) is 4.97. The van der Waals surface area contributed by atoms with Gasteiger partial charge in [0.25, 0.3) is 0 Å². The molecule has 1 aromatic carbocycles. The highest BCUT2D eigenvalue weighted by Crippen LogP contribution is 2.42. The maximum atomic E-state index is 12.7. The van der Waals surface area contributed by atoms with Crippen LogP contribution in [0.25, 0.3) is 0 Å². The fraction of sp³-hybridized carbons (Fsp3) is 0.250. The molecule has 0 amide bonds. The Labute approximate surface area is 114 Å². The second-order valence-corrected chi connectivity index (χ2v) is 4.04. The summed E-state index contributed by atoms with van der Waals surface area (Å²) in [6.07, 6.45) is -7.71. The van der Waals surface area contributed by atoms with E-state index in [4.69, 9.17) is 4.74 Å². The largest absolute Gasteiger partial charge is 0.438 e. The Morgan fingerprint density at radius 2 is 1.67 bits per heavy atom. The van der Waals surface area contributed by atoms with Crippen LogP contribution in [0.2, 0.25) is 0 Å². The van der Waals surface area contributed by atoms with Gasteiger partial charge in [-0.2, -0.15) is 26.3 Å². The van der Waals surface area contributed by atoms with Gasteiger partial charge in [0.15, 0.2) is 0 Å². The van der Waals surface area contributed by atoms with E-state index in [1.54, 1.807) is 0 Å². The van der Waals surface area contributed by atoms with Gasteiger partial charge < -0.3 is 4.74 Å². The third-order valence-corrected chi connectivity index (χ3v) is 2.45. The summed E-state index contributed by atoms with van der Waals surface area (Å²) in [5.74, 6) is -0.479. The lowest BCUT2D eigenvalue weighted by molar-refractivity contribution is -0.162. The van der Waals surface area contributed by atoms with Crippen molar-refractivity contribution in [3.05, 3.63) is 41.6 Å². The minimum absolute atomic E-state index is 0.0783. The smallest absolute Gasteiger partial charge is 0.417 e. The molecule has 0 N–H and O–H groups in total. The molecule has 0 unspecified atom stereocenters. The maximum absolute atomic E-state index is 12.7. The third kappa shape index (κ3) is 3.47. The number of hydrogen-bond donors (Lipinski definition) is 0. The number of nitrogens with zero attached hydrogens (tertiary/aromatic N) is 2. The number of halogens is 6. The minimum Gasteiger partial charge on any atom is -0.438 e. The predicted molar refractivity (Wildman–Crippen MR) is 58.6 cm³/mol. The van der Waals surface area contributed by atoms with Crippen molar-refractivity contribution in [2.45, 2.75) is 12.4 Å². The van der Waals surface area contributed by atoms with Gasteiger partial charge >= 0.3 is 12.4 Å². The Bertz CT molecular complexity index is 644. The van der Waals surface area contributed by atoms with Crippen LogP contribution in [0, 0.1) is 6.20 Å². The normalized spacial score (nSPS) is 12.5. The van der Waals surface area contributed by atoms with Crippen molar-refractivity contribution >= 4 is 0 Å². The highest BCUT2D eigenvalue weighted by Gasteiger charge is 2.43. The van der Waals surface area contributed by atoms with Crippen molar-refractivity contribution in [3.8, 4) is 11.6 Å². The first-order chi connectivity index (χ1) is 9.57. The monoisotopic (exact) mass is 309 g/mol. The molecule has 9 heteroatoms. The first kappa shape index (κ1) is 15.2. The summed E-state index contributed by atoms with van der Waals surface area (Å²) in [6, 6.07) is 2.65. The van der Waals surface area contributed by atoms with Crippen LogP contribution >= 0.6 is 0 Å². The molecule has 0 bridgehead atoms. The van der Waals surface area contributed by atoms with E-state index in [2.05, 4.69) is 11.3 Å². The first-order valence-electron chi connectivity index (χ1n) is 5.45. The van der Waals surface area contributed by atoms with Crippen molar-refractivity contribution in [2.24, 2.45) is 7.05 Å². The number of benzene rings is 1. The Morgan fingerprint density at radius 1 is 1.05 bits per heavy atom. The van der Waals surface area contributed by atoms with E-state index < -0.39 is 29.2 Å². The molecule has 0 saturated heterocycles. The summed E-state index contributed by atoms with van der Waals surface area (Å²) in [5.41, 5.74) is -3.58. The Kier molecular flexibility index (Phi) is 3.60. The SMILES string of the molecule is Cn1[c]cc(Oc2ccc(C(F)(F)F)c(C(F)(F)F)c2)n1. The summed E-state index contributed by atoms with van der Waals surface area (Å²) in [4.78, 5) is 0. The molecule has 0 spiro atoms. The van der Waals surface area contributed by atoms with Gasteiger partial charge in [0, 0.05) is 13.1 Å². The molecule has 0 aliphatic carbocycles. The van der Waals surface area contributed by atoms with E-state index in [1.807, 2.05) is 0 Å². The number of ether oxygens (including phenoxy) is 1. The van der Waals surface area contributed by atoms with Crippen LogP contribution in [-0.2, 0) is 19.4 Å². The van der Waals surface area contributed by atoms with E-state index in [0.29, 0.717) is 6.07 Å². The van der Waals surface area contributed by atoms with Crippen LogP contribution in [0.3, 0.4) is 0 Å². The van der Waals surface area contributed by atoms with Gasteiger partial charge in [-0.3, -0.25) is 4.68 Å². The standard InChI is InChI=1S/C12H7F6N2O/c1-20-5-4-10(19-20)21-7-2-3-8(11(13,14)15)9(6-7)12(16,17)18/h2-4,6H,1H3. The molecule has 3 nitrogen and oxygen atoms in total. The Balaban J connectivity index is 2.42. The van der Waals surface area contributed by atoms with Gasteiger partial charge in [-0.05, 0) is 18.2 Å². The summed E-state index contributed by atoms with van der Waals surface area (Å²) in [7, 11) is 1.50. The third-order valence-electron chi connectivity index (χ3n) is 2.45. The van der Waals surface area contributed by atoms with Crippen molar-refractivity contribution in [1.82, 2.24) is 9.78 Å². The van der Waals surface area contributed by atoms with Crippen molar-refractivity contribution in [2.75, 3.05) is 0 Å². The van der Waals surface area contributed by atoms with Gasteiger partial charge in [-0.1, -0.05) is 0 Å². The summed E-state index contributed by atoms with van der Waals surface area (Å²) >= 11 is 0. The van der Waals surface area contributed by atoms with Crippen LogP contribution in [0.15, 0.2) is 24.3 Å². The molecular formula is C12H7F6N2O. The molecule has 0 saturated carbocycles. The van der Waals surface area contributed by atoms with Gasteiger partial charge in [-0.25, -0.2) is 0 Å². The first-order valence-corrected chi connectivity index (χ1v) is 5.45. The second-order valence-electron chi connectivity index (χ2n) is 4.04. The fourth-order valence-corrected chi connectivity index (χ4v) is 1.59. The molecule has 0 fully saturated rings. The molecule has 1 heterocycles. The van der Waals surface area contributed by atoms with Crippen LogP contribution in [-0.4, -0.2) is 9.78 Å². The number of aromatic nitrogens is 2. The quantitative estimate of drug-likeness (QED) is 0.783. The van der Waals surface area contributed by atoms with Gasteiger partial charge in [0.2, 0.25) is 5.88 Å². The fourth-order valence-electron chi connectivity index (χ4n) is 1.59. The lowest BCUT2D eigenvalue weighted by atomic mass is 10.1. The molecule has 0 aliphatic heterocycles. The van der Waals surface area contributed by atoms with Crippen molar-refractivity contribution in [3.63, 3.8) is 0 Å². The molecule has 113 valence electrons. The van der Waals surface area contributed by atoms with Gasteiger partial charge in [0.1, 0.15) is 5.75 Å². The predicted octanol–water partition coefficient (Wildman–Crippen LogP) is 4.05. The number of aryl methyl sites for hydroxylation is 1. The maximum Gasteiger partial charge on any atom is 0.417 e. The zero-order valence-electron chi connectivity index (χ0n) is 10.4. The number of alkyl halides is 6. The number of hydrogen-bond acceptors (Lipinski definition) is 2. The molecule has 1 aromatic heterocycles. The van der Waals surface area contributed by atoms with Gasteiger partial charge in [0.05, 0.1) is 17.3 Å². The molecular weight excluding hydrogens is 302 g/mol. The van der Waals surface area contributed by atoms with Crippen LogP contribution < -0.4 is 4.74 Å². The van der Waals surface area contributed by atoms with E-state index in [1.165, 1.54) is 17.8 Å². The lowest BCUT2D eigenvalue weighted by Gasteiger charge is -2.16. The summed E-state index contributed by atoms with van der Waals surface area (Å²) in [5, 5.41) is 3.70.